The van der Waals surface area contributed by atoms with Crippen molar-refractivity contribution in [3.8, 4) is 89.0 Å². The lowest BCUT2D eigenvalue weighted by Gasteiger charge is -2.15. The second-order valence-corrected chi connectivity index (χ2v) is 33.3. The first-order valence-corrected chi connectivity index (χ1v) is 42.9. The topological polar surface area (TPSA) is 330 Å². The Morgan fingerprint density at radius 2 is 0.279 bits per heavy atom. The second kappa shape index (κ2) is 33.8. The summed E-state index contributed by atoms with van der Waals surface area (Å²) in [6, 6.07) is 58.2. The predicted octanol–water partition coefficient (Wildman–Crippen LogP) is 18.7. The fourth-order valence-corrected chi connectivity index (χ4v) is 18.0. The molecule has 10 aliphatic rings. The van der Waals surface area contributed by atoms with E-state index in [0.717, 1.165) is 0 Å². The van der Waals surface area contributed by atoms with Crippen LogP contribution < -0.4 is 0 Å². The molecule has 0 saturated carbocycles. The molecule has 0 saturated heterocycles. The van der Waals surface area contributed by atoms with Crippen LogP contribution in [-0.2, 0) is 76.7 Å². The van der Waals surface area contributed by atoms with Crippen molar-refractivity contribution in [3.05, 3.63) is 407 Å². The Balaban J connectivity index is 0.785. The van der Waals surface area contributed by atoms with Gasteiger partial charge < -0.3 is 9.97 Å². The molecule has 11 aromatic rings. The number of rotatable bonds is 16. The number of aromatic nitrogens is 4. The van der Waals surface area contributed by atoms with Crippen molar-refractivity contribution in [3.63, 3.8) is 0 Å². The summed E-state index contributed by atoms with van der Waals surface area (Å²) in [4.78, 5) is 232. The number of aromatic amines is 2. The maximum absolute atomic E-state index is 13.6. The van der Waals surface area contributed by atoms with Crippen LogP contribution in [0.15, 0.2) is 340 Å². The summed E-state index contributed by atoms with van der Waals surface area (Å²) in [6.45, 7) is 0. The molecule has 2 N–H and O–H groups in total. The van der Waals surface area contributed by atoms with Crippen LogP contribution in [0.5, 0.6) is 0 Å². The highest BCUT2D eigenvalue weighted by Crippen LogP contribution is 2.45. The van der Waals surface area contributed by atoms with E-state index in [1.807, 2.05) is 146 Å². The molecule has 0 radical (unpaired) electrons. The molecule has 20 nitrogen and oxygen atoms in total. The van der Waals surface area contributed by atoms with Gasteiger partial charge in [-0.3, -0.25) is 76.7 Å². The number of nitrogens with one attached hydrogen (secondary N) is 2. The van der Waals surface area contributed by atoms with Crippen molar-refractivity contribution in [1.29, 1.82) is 0 Å². The summed E-state index contributed by atoms with van der Waals surface area (Å²) in [5, 5.41) is 0. The Hall–Kier alpha value is -19.1. The van der Waals surface area contributed by atoms with Crippen LogP contribution in [0.25, 0.3) is 180 Å². The minimum Gasteiger partial charge on any atom is -0.354 e. The maximum Gasteiger partial charge on any atom is 0.186 e. The quantitative estimate of drug-likeness (QED) is 0.0849. The summed E-state index contributed by atoms with van der Waals surface area (Å²) < 4.78 is 0. The van der Waals surface area contributed by atoms with E-state index < -0.39 is 92.5 Å². The molecule has 0 fully saturated rings. The molecule has 20 heteroatoms. The van der Waals surface area contributed by atoms with Crippen molar-refractivity contribution >= 4 is 183 Å². The highest BCUT2D eigenvalue weighted by molar-refractivity contribution is 6.41. The van der Waals surface area contributed by atoms with E-state index >= 15 is 0 Å². The molecule has 0 unspecified atom stereocenters. The van der Waals surface area contributed by atoms with Crippen LogP contribution in [0.1, 0.15) is 67.3 Å². The van der Waals surface area contributed by atoms with Crippen LogP contribution in [0.4, 0.5) is 0 Å². The third kappa shape index (κ3) is 16.0. The smallest absolute Gasteiger partial charge is 0.186 e. The molecule has 2 aliphatic heterocycles. The van der Waals surface area contributed by atoms with Gasteiger partial charge in [-0.25, -0.2) is 9.97 Å². The third-order valence-corrected chi connectivity index (χ3v) is 24.6. The largest absolute Gasteiger partial charge is 0.354 e. The predicted molar refractivity (Wildman–Crippen MR) is 519 cm³/mol. The van der Waals surface area contributed by atoms with Gasteiger partial charge in [-0.2, -0.15) is 0 Å². The molecule has 136 heavy (non-hydrogen) atoms. The summed E-state index contributed by atoms with van der Waals surface area (Å²) >= 11 is 0. The van der Waals surface area contributed by atoms with Gasteiger partial charge >= 0.3 is 0 Å². The van der Waals surface area contributed by atoms with E-state index in [1.165, 1.54) is 146 Å². The molecule has 3 aromatic heterocycles. The number of carbonyl (C=O) groups excluding carboxylic acids is 16. The molecule has 8 aromatic carbocycles. The van der Waals surface area contributed by atoms with Gasteiger partial charge in [0.2, 0.25) is 0 Å². The number of ketones is 16. The van der Waals surface area contributed by atoms with Gasteiger partial charge in [0, 0.05) is 88.9 Å². The van der Waals surface area contributed by atoms with E-state index in [2.05, 4.69) is 9.97 Å². The molecule has 5 heterocycles. The first-order chi connectivity index (χ1) is 65.8. The summed E-state index contributed by atoms with van der Waals surface area (Å²) in [5.41, 5.74) is 17.0. The zero-order valence-corrected chi connectivity index (χ0v) is 71.1. The van der Waals surface area contributed by atoms with Gasteiger partial charge in [0.15, 0.2) is 92.5 Å². The van der Waals surface area contributed by atoms with Crippen molar-refractivity contribution in [1.82, 2.24) is 19.9 Å². The highest BCUT2D eigenvalue weighted by atomic mass is 16.2. The van der Waals surface area contributed by atoms with E-state index in [4.69, 9.17) is 9.97 Å². The lowest BCUT2D eigenvalue weighted by Crippen LogP contribution is -2.09. The van der Waals surface area contributed by atoms with Gasteiger partial charge in [0.25, 0.3) is 0 Å². The number of H-pyrrole nitrogens is 2. The summed E-state index contributed by atoms with van der Waals surface area (Å²) in [7, 11) is 0. The maximum atomic E-state index is 13.6. The van der Waals surface area contributed by atoms with Crippen LogP contribution in [0.2, 0.25) is 0 Å². The number of nitrogens with zero attached hydrogens (tertiary/aromatic N) is 2. The molecule has 642 valence electrons. The normalized spacial score (nSPS) is 16.2. The Morgan fingerprint density at radius 1 is 0.140 bits per heavy atom. The Morgan fingerprint density at radius 3 is 0.434 bits per heavy atom. The molecule has 0 spiro atoms. The van der Waals surface area contributed by atoms with Crippen LogP contribution in [0.3, 0.4) is 0 Å². The summed E-state index contributed by atoms with van der Waals surface area (Å²) in [6.07, 6.45) is 36.3. The lowest BCUT2D eigenvalue weighted by molar-refractivity contribution is -0.113. The average molecular weight is 1770 g/mol. The van der Waals surface area contributed by atoms with Crippen molar-refractivity contribution in [2.24, 2.45) is 0 Å². The number of allylic oxidation sites excluding steroid dienone is 32. The van der Waals surface area contributed by atoms with Gasteiger partial charge in [-0.05, 0) is 378 Å². The molecule has 8 aliphatic carbocycles. The van der Waals surface area contributed by atoms with Crippen molar-refractivity contribution in [2.45, 2.75) is 0 Å². The average Bonchev–Trinajstić information content (AvgIpc) is 1.61. The molecule has 0 atom stereocenters. The fraction of sp³-hybridized carbons (Fsp3) is 0. The molecule has 8 bridgehead atoms. The van der Waals surface area contributed by atoms with Gasteiger partial charge in [0.05, 0.1) is 22.8 Å². The molecule has 21 rings (SSSR count). The Kier molecular flexibility index (Phi) is 20.8. The standard InChI is InChI=1S/C116H62N4O16/c121-81-17-33-105(129)89(53-81)73-41-69(42-74(49-73)90-54-82(122)18-34-106(90)130)61-1-9-65(10-2-61)113-97-25-27-99(117-97)114(66-11-3-62(4-12-66)70-43-75(91-55-83(123)19-35-107(91)131)50-76(44-70)92-56-84(124)20-36-108(92)132)101-29-31-103(119-101)116(68-15-7-64(8-16-68)72-47-79(95-59-87(127)23-39-111(95)135)52-80(48-72)96-60-88(128)24-40-112(96)136)104-32-30-102(120-104)115(100-28-26-98(113)118-100)67-13-5-63(6-14-67)71-45-77(93-57-85(125)21-37-109(93)133)51-78(46-71)94-58-86(126)22-38-110(94)134/h1-60,117,120H. The zero-order valence-electron chi connectivity index (χ0n) is 71.1. The van der Waals surface area contributed by atoms with Gasteiger partial charge in [-0.15, -0.1) is 0 Å². The third-order valence-electron chi connectivity index (χ3n) is 24.6. The van der Waals surface area contributed by atoms with Crippen molar-refractivity contribution in [2.75, 3.05) is 0 Å². The second-order valence-electron chi connectivity index (χ2n) is 33.3. The van der Waals surface area contributed by atoms with E-state index in [-0.39, 0.29) is 44.6 Å². The number of fused-ring (bicyclic) bond motifs is 8. The van der Waals surface area contributed by atoms with Crippen molar-refractivity contribution < 1.29 is 76.7 Å². The minimum atomic E-state index is -0.441. The summed E-state index contributed by atoms with van der Waals surface area (Å²) in [5.74, 6) is -6.86. The highest BCUT2D eigenvalue weighted by Gasteiger charge is 2.30. The van der Waals surface area contributed by atoms with Crippen LogP contribution in [0, 0.1) is 0 Å². The number of benzene rings is 8. The minimum absolute atomic E-state index is 0.0857. The molecular weight excluding hydrogens is 1710 g/mol. The molecular formula is C116H62N4O16. The lowest BCUT2D eigenvalue weighted by atomic mass is 9.87. The Labute approximate surface area is 771 Å². The van der Waals surface area contributed by atoms with E-state index in [9.17, 15) is 76.7 Å². The monoisotopic (exact) mass is 1770 g/mol. The van der Waals surface area contributed by atoms with E-state index in [0.29, 0.717) is 178 Å². The number of hydrogen-bond acceptors (Lipinski definition) is 18. The number of hydrogen-bond donors (Lipinski definition) is 2. The number of carbonyl (C=O) groups is 16. The van der Waals surface area contributed by atoms with Crippen LogP contribution in [-0.4, -0.2) is 112 Å². The first-order valence-electron chi connectivity index (χ1n) is 42.9. The Bertz CT molecular complexity index is 7200. The van der Waals surface area contributed by atoms with E-state index in [1.54, 1.807) is 72.8 Å². The zero-order chi connectivity index (χ0) is 93.6. The van der Waals surface area contributed by atoms with Crippen LogP contribution >= 0.6 is 0 Å². The van der Waals surface area contributed by atoms with Gasteiger partial charge in [-0.1, -0.05) is 97.1 Å². The molecule has 0 amide bonds. The first kappa shape index (κ1) is 83.8. The fourth-order valence-electron chi connectivity index (χ4n) is 18.0. The van der Waals surface area contributed by atoms with Gasteiger partial charge in [0.1, 0.15) is 0 Å². The SMILES string of the molecule is O=C1C=CC(=O)C(c2cc(C3=CC(=O)C=CC3=O)cc(-c3ccc(-c4c5nc(c(-c6ccc(-c7cc(C8=CC(=O)C=CC8=O)cc(C8=CC(=O)C=CC8=O)c7)cc6)c6ccc([nH]6)c(-c6ccc(-c7cc(C8=CC(=O)C=CC8=O)cc(C8=CC(=O)C=CC8=O)c7)cc6)c6nc(c(-c7ccc(-c8cc(C9=CC(=O)C=CC9=O)cc(C9=CC(=O)C=CC9=O)c8)cc7)c7ccc4[nH]7)C=C6)C=C5)cc3)c2)=C1.